The Balaban J connectivity index is 1.95. The summed E-state index contributed by atoms with van der Waals surface area (Å²) in [5.74, 6) is 1.80. The van der Waals surface area contributed by atoms with Crippen LogP contribution in [0.15, 0.2) is 46.0 Å². The standard InChI is InChI=1S/C16H15N5O2/c17-9-10-18-16-12-3-1-2-4-13(12)19-14(20-16)7-5-11-6-8-15(21-22)23-11/h1-8H,9-10,17H2,(H,18,19,20)/b7-5+. The summed E-state index contributed by atoms with van der Waals surface area (Å²) in [4.78, 5) is 19.4. The number of hydrogen-bond acceptors (Lipinski definition) is 7. The first kappa shape index (κ1) is 14.9. The van der Waals surface area contributed by atoms with Crippen LogP contribution in [0.4, 0.5) is 11.7 Å². The lowest BCUT2D eigenvalue weighted by molar-refractivity contribution is 0.567. The van der Waals surface area contributed by atoms with Gasteiger partial charge in [0.15, 0.2) is 5.82 Å². The molecule has 0 aliphatic heterocycles. The van der Waals surface area contributed by atoms with Crippen molar-refractivity contribution in [2.45, 2.75) is 0 Å². The van der Waals surface area contributed by atoms with Gasteiger partial charge in [0.1, 0.15) is 11.6 Å². The highest BCUT2D eigenvalue weighted by atomic mass is 16.4. The van der Waals surface area contributed by atoms with Crippen LogP contribution in [0, 0.1) is 4.91 Å². The van der Waals surface area contributed by atoms with Gasteiger partial charge >= 0.3 is 0 Å². The average Bonchev–Trinajstić information content (AvgIpc) is 3.06. The number of hydrogen-bond donors (Lipinski definition) is 2. The lowest BCUT2D eigenvalue weighted by Crippen LogP contribution is -2.14. The first-order valence-electron chi connectivity index (χ1n) is 7.12. The number of nitrogens with two attached hydrogens (primary N) is 1. The van der Waals surface area contributed by atoms with Crippen molar-refractivity contribution in [2.75, 3.05) is 18.4 Å². The molecule has 0 spiro atoms. The highest BCUT2D eigenvalue weighted by Gasteiger charge is 2.05. The molecule has 1 aromatic carbocycles. The molecule has 0 radical (unpaired) electrons. The van der Waals surface area contributed by atoms with Gasteiger partial charge in [-0.15, -0.1) is 4.91 Å². The normalized spacial score (nSPS) is 11.2. The van der Waals surface area contributed by atoms with Crippen LogP contribution in [-0.4, -0.2) is 23.1 Å². The van der Waals surface area contributed by atoms with E-state index in [0.29, 0.717) is 24.7 Å². The number of anilines is 1. The number of nitrogens with zero attached hydrogens (tertiary/aromatic N) is 3. The summed E-state index contributed by atoms with van der Waals surface area (Å²) >= 11 is 0. The van der Waals surface area contributed by atoms with Crippen molar-refractivity contribution in [3.05, 3.63) is 52.9 Å². The van der Waals surface area contributed by atoms with Crippen LogP contribution >= 0.6 is 0 Å². The number of fused-ring (bicyclic) bond motifs is 1. The van der Waals surface area contributed by atoms with Crippen LogP contribution < -0.4 is 11.1 Å². The minimum atomic E-state index is 0.0365. The molecule has 0 saturated heterocycles. The minimum Gasteiger partial charge on any atom is -0.436 e. The Morgan fingerprint density at radius 1 is 1.17 bits per heavy atom. The molecule has 0 bridgehead atoms. The van der Waals surface area contributed by atoms with Gasteiger partial charge in [-0.05, 0) is 30.4 Å². The van der Waals surface area contributed by atoms with E-state index in [1.54, 1.807) is 18.2 Å². The van der Waals surface area contributed by atoms with Crippen LogP contribution in [0.2, 0.25) is 0 Å². The first-order valence-corrected chi connectivity index (χ1v) is 7.12. The number of benzene rings is 1. The molecule has 2 aromatic heterocycles. The lowest BCUT2D eigenvalue weighted by atomic mass is 10.2. The summed E-state index contributed by atoms with van der Waals surface area (Å²) in [6.45, 7) is 1.13. The van der Waals surface area contributed by atoms with Crippen LogP contribution in [0.3, 0.4) is 0 Å². The summed E-state index contributed by atoms with van der Waals surface area (Å²) in [6, 6.07) is 10.9. The highest BCUT2D eigenvalue weighted by Crippen LogP contribution is 2.21. The zero-order valence-electron chi connectivity index (χ0n) is 12.3. The van der Waals surface area contributed by atoms with E-state index in [4.69, 9.17) is 10.2 Å². The zero-order chi connectivity index (χ0) is 16.1. The van der Waals surface area contributed by atoms with E-state index in [1.165, 1.54) is 6.07 Å². The second kappa shape index (κ2) is 6.80. The molecule has 0 aliphatic carbocycles. The van der Waals surface area contributed by atoms with Gasteiger partial charge in [0.25, 0.3) is 5.88 Å². The summed E-state index contributed by atoms with van der Waals surface area (Å²) in [5, 5.41) is 6.86. The van der Waals surface area contributed by atoms with E-state index in [9.17, 15) is 4.91 Å². The molecule has 0 saturated carbocycles. The van der Waals surface area contributed by atoms with Crippen molar-refractivity contribution in [2.24, 2.45) is 10.9 Å². The Morgan fingerprint density at radius 3 is 2.83 bits per heavy atom. The molecule has 116 valence electrons. The van der Waals surface area contributed by atoms with Crippen molar-refractivity contribution in [1.82, 2.24) is 9.97 Å². The molecule has 0 amide bonds. The minimum absolute atomic E-state index is 0.0365. The Hall–Kier alpha value is -3.06. The summed E-state index contributed by atoms with van der Waals surface area (Å²) in [6.07, 6.45) is 3.40. The van der Waals surface area contributed by atoms with E-state index in [2.05, 4.69) is 20.5 Å². The van der Waals surface area contributed by atoms with Crippen molar-refractivity contribution < 1.29 is 4.42 Å². The largest absolute Gasteiger partial charge is 0.436 e. The molecule has 23 heavy (non-hydrogen) atoms. The molecule has 0 fully saturated rings. The smallest absolute Gasteiger partial charge is 0.260 e. The second-order valence-electron chi connectivity index (χ2n) is 4.76. The maximum Gasteiger partial charge on any atom is 0.260 e. The fourth-order valence-corrected chi connectivity index (χ4v) is 2.13. The third-order valence-corrected chi connectivity index (χ3v) is 3.16. The van der Waals surface area contributed by atoms with Crippen molar-refractivity contribution in [3.8, 4) is 0 Å². The van der Waals surface area contributed by atoms with E-state index < -0.39 is 0 Å². The summed E-state index contributed by atoms with van der Waals surface area (Å²) < 4.78 is 5.18. The number of para-hydroxylation sites is 1. The van der Waals surface area contributed by atoms with E-state index in [1.807, 2.05) is 24.3 Å². The Bertz CT molecular complexity index is 857. The third-order valence-electron chi connectivity index (χ3n) is 3.16. The van der Waals surface area contributed by atoms with Gasteiger partial charge in [-0.2, -0.15) is 0 Å². The van der Waals surface area contributed by atoms with Crippen LogP contribution in [0.25, 0.3) is 23.1 Å². The third kappa shape index (κ3) is 3.41. The lowest BCUT2D eigenvalue weighted by Gasteiger charge is -2.08. The quantitative estimate of drug-likeness (QED) is 0.677. The van der Waals surface area contributed by atoms with Gasteiger partial charge < -0.3 is 15.5 Å². The number of aromatic nitrogens is 2. The summed E-state index contributed by atoms with van der Waals surface area (Å²) in [7, 11) is 0. The van der Waals surface area contributed by atoms with Gasteiger partial charge in [-0.1, -0.05) is 12.1 Å². The van der Waals surface area contributed by atoms with E-state index >= 15 is 0 Å². The Labute approximate surface area is 132 Å². The predicted octanol–water partition coefficient (Wildman–Crippen LogP) is 3.16. The fourth-order valence-electron chi connectivity index (χ4n) is 2.13. The van der Waals surface area contributed by atoms with Crippen molar-refractivity contribution in [3.63, 3.8) is 0 Å². The maximum absolute atomic E-state index is 10.4. The molecule has 0 atom stereocenters. The molecule has 3 aromatic rings. The van der Waals surface area contributed by atoms with Crippen LogP contribution in [-0.2, 0) is 0 Å². The molecule has 7 nitrogen and oxygen atoms in total. The second-order valence-corrected chi connectivity index (χ2v) is 4.76. The number of furan rings is 1. The number of nitroso groups, excluding NO2 is 1. The van der Waals surface area contributed by atoms with Crippen molar-refractivity contribution in [1.29, 1.82) is 0 Å². The SMILES string of the molecule is NCCNc1nc(/C=C/c2ccc(N=O)o2)nc2ccccc12. The van der Waals surface area contributed by atoms with E-state index in [-0.39, 0.29) is 5.88 Å². The van der Waals surface area contributed by atoms with Gasteiger partial charge in [0.2, 0.25) is 0 Å². The molecule has 0 unspecified atom stereocenters. The first-order chi connectivity index (χ1) is 11.3. The predicted molar refractivity (Wildman–Crippen MR) is 90.2 cm³/mol. The van der Waals surface area contributed by atoms with Gasteiger partial charge in [0, 0.05) is 29.7 Å². The topological polar surface area (TPSA) is 106 Å². The highest BCUT2D eigenvalue weighted by molar-refractivity contribution is 5.89. The van der Waals surface area contributed by atoms with Gasteiger partial charge in [-0.3, -0.25) is 0 Å². The molecule has 0 aliphatic rings. The Morgan fingerprint density at radius 2 is 2.04 bits per heavy atom. The van der Waals surface area contributed by atoms with Crippen LogP contribution in [0.5, 0.6) is 0 Å². The monoisotopic (exact) mass is 309 g/mol. The number of nitrogens with one attached hydrogen (secondary N) is 1. The fraction of sp³-hybridized carbons (Fsp3) is 0.125. The average molecular weight is 309 g/mol. The molecule has 3 N–H and O–H groups in total. The zero-order valence-corrected chi connectivity index (χ0v) is 12.3. The van der Waals surface area contributed by atoms with Gasteiger partial charge in [-0.25, -0.2) is 9.97 Å². The molecular formula is C16H15N5O2. The van der Waals surface area contributed by atoms with Gasteiger partial charge in [0.05, 0.1) is 5.52 Å². The molecular weight excluding hydrogens is 294 g/mol. The maximum atomic E-state index is 10.4. The van der Waals surface area contributed by atoms with Crippen LogP contribution in [0.1, 0.15) is 11.6 Å². The Kier molecular flexibility index (Phi) is 4.39. The molecule has 3 rings (SSSR count). The van der Waals surface area contributed by atoms with E-state index in [0.717, 1.165) is 16.7 Å². The number of rotatable bonds is 6. The molecule has 7 heteroatoms. The van der Waals surface area contributed by atoms with Crippen molar-refractivity contribution >= 4 is 34.8 Å². The molecule has 2 heterocycles. The summed E-state index contributed by atoms with van der Waals surface area (Å²) in [5.41, 5.74) is 6.37.